The number of hydrogen-bond donors (Lipinski definition) is 2. The summed E-state index contributed by atoms with van der Waals surface area (Å²) < 4.78 is 14.9. The first-order valence-electron chi connectivity index (χ1n) is 12.5. The van der Waals surface area contributed by atoms with E-state index in [-0.39, 0.29) is 31.4 Å². The van der Waals surface area contributed by atoms with Crippen LogP contribution in [-0.4, -0.2) is 55.0 Å². The van der Waals surface area contributed by atoms with Crippen molar-refractivity contribution in [2.24, 2.45) is 0 Å². The number of aliphatic carboxylic acids is 1. The maximum absolute atomic E-state index is 12.1. The Morgan fingerprint density at radius 2 is 1.73 bits per heavy atom. The molecule has 0 aromatic heterocycles. The fraction of sp³-hybridized carbons (Fsp3) is 0.500. The number of carboxylic acid groups (broad SMARTS) is 1. The Bertz CT molecular complexity index is 921. The Balaban J connectivity index is 0.000000856. The van der Waals surface area contributed by atoms with Crippen LogP contribution in [0.25, 0.3) is 5.57 Å². The average molecular weight is 518 g/mol. The van der Waals surface area contributed by atoms with E-state index in [1.165, 1.54) is 23.6 Å². The van der Waals surface area contributed by atoms with Crippen molar-refractivity contribution in [3.63, 3.8) is 0 Å². The van der Waals surface area contributed by atoms with Crippen LogP contribution in [0.4, 0.5) is 4.79 Å². The number of rotatable bonds is 13. The summed E-state index contributed by atoms with van der Waals surface area (Å²) in [5.74, 6) is -1.33. The normalized spacial score (nSPS) is 13.9. The molecule has 1 unspecified atom stereocenters. The zero-order chi connectivity index (χ0) is 27.6. The fourth-order valence-electron chi connectivity index (χ4n) is 3.39. The number of ether oxygens (including phenoxy) is 3. The van der Waals surface area contributed by atoms with Crippen LogP contribution in [0.1, 0.15) is 70.4 Å². The van der Waals surface area contributed by atoms with Crippen LogP contribution in [0.3, 0.4) is 0 Å². The largest absolute Gasteiger partial charge is 0.511 e. The minimum atomic E-state index is -0.979. The monoisotopic (exact) mass is 517 g/mol. The third-order valence-corrected chi connectivity index (χ3v) is 5.24. The van der Waals surface area contributed by atoms with Crippen LogP contribution in [0.15, 0.2) is 42.5 Å². The molecular weight excluding hydrogens is 478 g/mol. The Hall–Kier alpha value is -3.46. The summed E-state index contributed by atoms with van der Waals surface area (Å²) in [5, 5.41) is 11.1. The van der Waals surface area contributed by atoms with Gasteiger partial charge in [0.05, 0.1) is 12.5 Å². The molecule has 0 aliphatic heterocycles. The molecule has 1 aromatic rings. The van der Waals surface area contributed by atoms with Gasteiger partial charge in [-0.3, -0.25) is 9.59 Å². The summed E-state index contributed by atoms with van der Waals surface area (Å²) >= 11 is 0. The van der Waals surface area contributed by atoms with Gasteiger partial charge in [0, 0.05) is 25.8 Å². The minimum absolute atomic E-state index is 0.0521. The molecule has 9 heteroatoms. The lowest BCUT2D eigenvalue weighted by molar-refractivity contribution is -0.168. The van der Waals surface area contributed by atoms with Crippen molar-refractivity contribution in [2.75, 3.05) is 7.05 Å². The van der Waals surface area contributed by atoms with Gasteiger partial charge in [-0.1, -0.05) is 42.5 Å². The van der Waals surface area contributed by atoms with Crippen LogP contribution < -0.4 is 5.32 Å². The van der Waals surface area contributed by atoms with Gasteiger partial charge in [-0.2, -0.15) is 0 Å². The quantitative estimate of drug-likeness (QED) is 0.215. The second kappa shape index (κ2) is 17.9. The van der Waals surface area contributed by atoms with Gasteiger partial charge < -0.3 is 29.4 Å². The van der Waals surface area contributed by atoms with E-state index >= 15 is 0 Å². The van der Waals surface area contributed by atoms with Crippen molar-refractivity contribution in [1.29, 1.82) is 0 Å². The lowest BCUT2D eigenvalue weighted by atomic mass is 9.96. The molecule has 0 fully saturated rings. The summed E-state index contributed by atoms with van der Waals surface area (Å²) in [7, 11) is 1.88. The van der Waals surface area contributed by atoms with Crippen molar-refractivity contribution in [3.8, 4) is 0 Å². The summed E-state index contributed by atoms with van der Waals surface area (Å²) in [6.45, 7) is 4.93. The molecule has 2 atom stereocenters. The lowest BCUT2D eigenvalue weighted by Crippen LogP contribution is -2.29. The van der Waals surface area contributed by atoms with E-state index in [0.717, 1.165) is 19.3 Å². The molecule has 1 aliphatic rings. The molecule has 0 amide bonds. The number of benzene rings is 1. The molecule has 0 radical (unpaired) electrons. The van der Waals surface area contributed by atoms with Crippen LogP contribution in [0, 0.1) is 0 Å². The second-order valence-corrected chi connectivity index (χ2v) is 8.76. The maximum atomic E-state index is 12.1. The van der Waals surface area contributed by atoms with E-state index in [1.54, 1.807) is 13.8 Å². The predicted octanol–water partition coefficient (Wildman–Crippen LogP) is 4.83. The van der Waals surface area contributed by atoms with Crippen molar-refractivity contribution in [2.45, 2.75) is 84.2 Å². The molecule has 0 heterocycles. The third-order valence-electron chi connectivity index (χ3n) is 5.24. The van der Waals surface area contributed by atoms with E-state index in [9.17, 15) is 19.2 Å². The molecule has 0 spiro atoms. The zero-order valence-electron chi connectivity index (χ0n) is 22.1. The SMILES string of the molecule is CN[C@@H](CCC(=O)OC(C)OC(=O)OC(C)C)Cc1ccc(C2=CCCC=C2)cc1.O=CCCC(=O)O. The van der Waals surface area contributed by atoms with Crippen LogP contribution >= 0.6 is 0 Å². The maximum Gasteiger partial charge on any atom is 0.511 e. The first-order chi connectivity index (χ1) is 17.6. The number of esters is 1. The Morgan fingerprint density at radius 1 is 1.03 bits per heavy atom. The van der Waals surface area contributed by atoms with E-state index in [0.29, 0.717) is 12.7 Å². The number of hydrogen-bond acceptors (Lipinski definition) is 8. The number of carbonyl (C=O) groups excluding carboxylic acids is 3. The second-order valence-electron chi connectivity index (χ2n) is 8.76. The van der Waals surface area contributed by atoms with Gasteiger partial charge in [-0.25, -0.2) is 4.79 Å². The fourth-order valence-corrected chi connectivity index (χ4v) is 3.39. The molecule has 2 N–H and O–H groups in total. The van der Waals surface area contributed by atoms with Crippen LogP contribution in [0.5, 0.6) is 0 Å². The van der Waals surface area contributed by atoms with E-state index in [1.807, 2.05) is 7.05 Å². The summed E-state index contributed by atoms with van der Waals surface area (Å²) in [6.07, 6.45) is 9.06. The summed E-state index contributed by atoms with van der Waals surface area (Å²) in [6, 6.07) is 8.70. The number of likely N-dealkylation sites (N-methyl/N-ethyl adjacent to an activating group) is 1. The lowest BCUT2D eigenvalue weighted by Gasteiger charge is -2.18. The van der Waals surface area contributed by atoms with E-state index < -0.39 is 24.4 Å². The van der Waals surface area contributed by atoms with Gasteiger partial charge in [-0.05, 0) is 63.3 Å². The van der Waals surface area contributed by atoms with E-state index in [4.69, 9.17) is 19.3 Å². The molecule has 37 heavy (non-hydrogen) atoms. The molecule has 0 bridgehead atoms. The van der Waals surface area contributed by atoms with Gasteiger partial charge in [0.2, 0.25) is 6.29 Å². The number of carbonyl (C=O) groups is 4. The Kier molecular flexibility index (Phi) is 15.3. The highest BCUT2D eigenvalue weighted by Gasteiger charge is 2.17. The standard InChI is InChI=1S/C24H33NO5.C4H6O3/c1-17(2)28-24(27)30-18(3)29-23(26)15-14-22(25-4)16-19-10-12-21(13-11-19)20-8-6-5-7-9-20;5-3-1-2-4(6)7/h6,8-13,17-18,22,25H,5,7,14-16H2,1-4H3;3H,1-2H2,(H,6,7)/t18?,22-;/m0./s1. The molecular formula is C28H39NO8. The van der Waals surface area contributed by atoms with Gasteiger partial charge in [-0.15, -0.1) is 0 Å². The Labute approximate surface area is 218 Å². The number of allylic oxidation sites excluding steroid dienone is 4. The average Bonchev–Trinajstić information content (AvgIpc) is 2.85. The first-order valence-corrected chi connectivity index (χ1v) is 12.5. The van der Waals surface area contributed by atoms with E-state index in [2.05, 4.69) is 47.8 Å². The van der Waals surface area contributed by atoms with Crippen LogP contribution in [0.2, 0.25) is 0 Å². The molecule has 2 rings (SSSR count). The smallest absolute Gasteiger partial charge is 0.481 e. The number of carboxylic acids is 1. The van der Waals surface area contributed by atoms with Crippen molar-refractivity contribution in [1.82, 2.24) is 5.32 Å². The Morgan fingerprint density at radius 3 is 2.24 bits per heavy atom. The highest BCUT2D eigenvalue weighted by Crippen LogP contribution is 2.22. The molecule has 204 valence electrons. The first kappa shape index (κ1) is 31.6. The molecule has 0 saturated heterocycles. The number of nitrogens with one attached hydrogen (secondary N) is 1. The highest BCUT2D eigenvalue weighted by molar-refractivity contribution is 5.74. The highest BCUT2D eigenvalue weighted by atomic mass is 16.8. The van der Waals surface area contributed by atoms with Crippen molar-refractivity contribution < 1.29 is 38.5 Å². The molecule has 9 nitrogen and oxygen atoms in total. The third kappa shape index (κ3) is 14.6. The topological polar surface area (TPSA) is 128 Å². The number of aldehydes is 1. The van der Waals surface area contributed by atoms with Crippen molar-refractivity contribution in [3.05, 3.63) is 53.6 Å². The van der Waals surface area contributed by atoms with Gasteiger partial charge in [0.25, 0.3) is 0 Å². The summed E-state index contributed by atoms with van der Waals surface area (Å²) in [4.78, 5) is 42.5. The summed E-state index contributed by atoms with van der Waals surface area (Å²) in [5.41, 5.74) is 3.71. The minimum Gasteiger partial charge on any atom is -0.481 e. The van der Waals surface area contributed by atoms with Gasteiger partial charge >= 0.3 is 18.1 Å². The van der Waals surface area contributed by atoms with Gasteiger partial charge in [0.1, 0.15) is 6.29 Å². The molecule has 1 aromatic carbocycles. The molecule has 0 saturated carbocycles. The van der Waals surface area contributed by atoms with Gasteiger partial charge in [0.15, 0.2) is 0 Å². The van der Waals surface area contributed by atoms with Crippen molar-refractivity contribution >= 4 is 30.0 Å². The predicted molar refractivity (Wildman–Crippen MR) is 140 cm³/mol. The van der Waals surface area contributed by atoms with Crippen LogP contribution in [-0.2, 0) is 35.0 Å². The zero-order valence-corrected chi connectivity index (χ0v) is 22.1. The molecule has 1 aliphatic carbocycles.